The first-order valence-electron chi connectivity index (χ1n) is 7.88. The van der Waals surface area contributed by atoms with E-state index in [9.17, 15) is 4.79 Å². The van der Waals surface area contributed by atoms with Gasteiger partial charge < -0.3 is 15.4 Å². The van der Waals surface area contributed by atoms with Crippen LogP contribution in [0.5, 0.6) is 0 Å². The Balaban J connectivity index is 0.00000147. The van der Waals surface area contributed by atoms with Crippen LogP contribution in [0.4, 0.5) is 0 Å². The van der Waals surface area contributed by atoms with Crippen molar-refractivity contribution < 1.29 is 9.53 Å². The second-order valence-electron chi connectivity index (χ2n) is 6.57. The van der Waals surface area contributed by atoms with Crippen molar-refractivity contribution in [2.45, 2.75) is 57.0 Å². The third kappa shape index (κ3) is 3.86. The van der Waals surface area contributed by atoms with Gasteiger partial charge in [-0.1, -0.05) is 6.42 Å². The first kappa shape index (κ1) is 16.1. The van der Waals surface area contributed by atoms with Crippen molar-refractivity contribution in [1.29, 1.82) is 0 Å². The van der Waals surface area contributed by atoms with E-state index in [2.05, 4.69) is 4.90 Å². The molecule has 2 saturated carbocycles. The van der Waals surface area contributed by atoms with E-state index in [0.717, 1.165) is 51.9 Å². The number of amides is 1. The zero-order valence-corrected chi connectivity index (χ0v) is 12.9. The molecule has 0 bridgehead atoms. The number of nitrogens with zero attached hydrogens (tertiary/aromatic N) is 1. The van der Waals surface area contributed by atoms with Gasteiger partial charge in [-0.3, -0.25) is 4.79 Å². The first-order chi connectivity index (χ1) is 9.24. The number of ether oxygens (including phenoxy) is 1. The van der Waals surface area contributed by atoms with Crippen molar-refractivity contribution in [1.82, 2.24) is 4.90 Å². The highest BCUT2D eigenvalue weighted by atomic mass is 35.5. The van der Waals surface area contributed by atoms with Crippen LogP contribution in [-0.4, -0.2) is 42.6 Å². The molecule has 0 aromatic heterocycles. The highest BCUT2D eigenvalue weighted by molar-refractivity contribution is 5.85. The maximum absolute atomic E-state index is 12.7. The molecule has 3 unspecified atom stereocenters. The highest BCUT2D eigenvalue weighted by Crippen LogP contribution is 2.33. The van der Waals surface area contributed by atoms with Gasteiger partial charge in [0.2, 0.25) is 5.91 Å². The molecule has 1 heterocycles. The van der Waals surface area contributed by atoms with Gasteiger partial charge in [-0.15, -0.1) is 12.4 Å². The molecule has 0 aromatic rings. The Morgan fingerprint density at radius 2 is 2.00 bits per heavy atom. The third-order valence-corrected chi connectivity index (χ3v) is 4.81. The summed E-state index contributed by atoms with van der Waals surface area (Å²) in [6, 6.07) is 0.754. The molecule has 3 rings (SSSR count). The normalized spacial score (nSPS) is 33.5. The van der Waals surface area contributed by atoms with Crippen molar-refractivity contribution in [2.75, 3.05) is 19.8 Å². The molecule has 3 atom stereocenters. The predicted molar refractivity (Wildman–Crippen MR) is 80.8 cm³/mol. The maximum Gasteiger partial charge on any atom is 0.225 e. The van der Waals surface area contributed by atoms with Gasteiger partial charge in [-0.25, -0.2) is 0 Å². The van der Waals surface area contributed by atoms with Crippen LogP contribution in [0.2, 0.25) is 0 Å². The Morgan fingerprint density at radius 3 is 2.60 bits per heavy atom. The Labute approximate surface area is 127 Å². The van der Waals surface area contributed by atoms with Crippen LogP contribution in [0.15, 0.2) is 0 Å². The van der Waals surface area contributed by atoms with Gasteiger partial charge in [-0.2, -0.15) is 0 Å². The number of carbonyl (C=O) groups is 1. The third-order valence-electron chi connectivity index (χ3n) is 4.81. The smallest absolute Gasteiger partial charge is 0.225 e. The van der Waals surface area contributed by atoms with Gasteiger partial charge >= 0.3 is 0 Å². The molecule has 3 fully saturated rings. The van der Waals surface area contributed by atoms with Crippen molar-refractivity contribution >= 4 is 18.3 Å². The summed E-state index contributed by atoms with van der Waals surface area (Å²) in [5.74, 6) is 1.12. The summed E-state index contributed by atoms with van der Waals surface area (Å²) in [6.07, 6.45) is 7.63. The van der Waals surface area contributed by atoms with Crippen molar-refractivity contribution in [3.8, 4) is 0 Å². The summed E-state index contributed by atoms with van der Waals surface area (Å²) in [5, 5.41) is 0. The summed E-state index contributed by atoms with van der Waals surface area (Å²) in [5.41, 5.74) is 6.03. The van der Waals surface area contributed by atoms with Crippen LogP contribution in [0, 0.1) is 11.8 Å². The molecular weight excluding hydrogens is 276 g/mol. The Bertz CT molecular complexity index is 330. The van der Waals surface area contributed by atoms with E-state index >= 15 is 0 Å². The van der Waals surface area contributed by atoms with Crippen molar-refractivity contribution in [2.24, 2.45) is 17.6 Å². The minimum atomic E-state index is 0. The molecule has 1 saturated heterocycles. The number of halogens is 1. The predicted octanol–water partition coefficient (Wildman–Crippen LogP) is 1.95. The SMILES string of the molecule is Cl.NC1CCCC(C(=O)N(CC2CCOC2)C2CC2)C1. The molecule has 2 aliphatic carbocycles. The van der Waals surface area contributed by atoms with E-state index in [4.69, 9.17) is 10.5 Å². The van der Waals surface area contributed by atoms with Crippen LogP contribution in [0.25, 0.3) is 0 Å². The lowest BCUT2D eigenvalue weighted by atomic mass is 9.85. The van der Waals surface area contributed by atoms with Crippen LogP contribution in [0.3, 0.4) is 0 Å². The zero-order valence-electron chi connectivity index (χ0n) is 12.1. The molecule has 1 amide bonds. The minimum Gasteiger partial charge on any atom is -0.381 e. The van der Waals surface area contributed by atoms with Crippen LogP contribution >= 0.6 is 12.4 Å². The van der Waals surface area contributed by atoms with Crippen molar-refractivity contribution in [3.05, 3.63) is 0 Å². The van der Waals surface area contributed by atoms with E-state index < -0.39 is 0 Å². The van der Waals surface area contributed by atoms with Crippen LogP contribution in [-0.2, 0) is 9.53 Å². The number of hydrogen-bond acceptors (Lipinski definition) is 3. The average Bonchev–Trinajstić information content (AvgIpc) is 3.12. The number of nitrogens with two attached hydrogens (primary N) is 1. The molecular formula is C15H27ClN2O2. The molecule has 0 aromatic carbocycles. The Morgan fingerprint density at radius 1 is 1.20 bits per heavy atom. The van der Waals surface area contributed by atoms with E-state index in [1.807, 2.05) is 0 Å². The molecule has 3 aliphatic rings. The molecule has 5 heteroatoms. The summed E-state index contributed by atoms with van der Waals surface area (Å²) >= 11 is 0. The zero-order chi connectivity index (χ0) is 13.2. The molecule has 20 heavy (non-hydrogen) atoms. The van der Waals surface area contributed by atoms with E-state index in [0.29, 0.717) is 17.9 Å². The number of carbonyl (C=O) groups excluding carboxylic acids is 1. The molecule has 1 aliphatic heterocycles. The van der Waals surface area contributed by atoms with Crippen LogP contribution in [0.1, 0.15) is 44.9 Å². The van der Waals surface area contributed by atoms with Gasteiger partial charge in [0.05, 0.1) is 6.61 Å². The lowest BCUT2D eigenvalue weighted by Gasteiger charge is -2.32. The Hall–Kier alpha value is -0.320. The molecule has 4 nitrogen and oxygen atoms in total. The fraction of sp³-hybridized carbons (Fsp3) is 0.933. The lowest BCUT2D eigenvalue weighted by Crippen LogP contribution is -2.44. The molecule has 116 valence electrons. The van der Waals surface area contributed by atoms with Gasteiger partial charge in [0.25, 0.3) is 0 Å². The first-order valence-corrected chi connectivity index (χ1v) is 7.88. The minimum absolute atomic E-state index is 0. The van der Waals surface area contributed by atoms with Gasteiger partial charge in [0, 0.05) is 37.1 Å². The monoisotopic (exact) mass is 302 g/mol. The lowest BCUT2D eigenvalue weighted by molar-refractivity contribution is -0.138. The Kier molecular flexibility index (Phi) is 5.70. The van der Waals surface area contributed by atoms with Crippen LogP contribution < -0.4 is 5.73 Å². The fourth-order valence-electron chi connectivity index (χ4n) is 3.50. The number of hydrogen-bond donors (Lipinski definition) is 1. The summed E-state index contributed by atoms with van der Waals surface area (Å²) in [6.45, 7) is 2.61. The molecule has 2 N–H and O–H groups in total. The largest absolute Gasteiger partial charge is 0.381 e. The molecule has 0 spiro atoms. The summed E-state index contributed by atoms with van der Waals surface area (Å²) in [7, 11) is 0. The van der Waals surface area contributed by atoms with Gasteiger partial charge in [0.15, 0.2) is 0 Å². The maximum atomic E-state index is 12.7. The quantitative estimate of drug-likeness (QED) is 0.863. The topological polar surface area (TPSA) is 55.6 Å². The second-order valence-corrected chi connectivity index (χ2v) is 6.57. The number of rotatable bonds is 4. The summed E-state index contributed by atoms with van der Waals surface area (Å²) in [4.78, 5) is 14.9. The fourth-order valence-corrected chi connectivity index (χ4v) is 3.50. The summed E-state index contributed by atoms with van der Waals surface area (Å²) < 4.78 is 5.44. The van der Waals surface area contributed by atoms with Gasteiger partial charge in [0.1, 0.15) is 0 Å². The van der Waals surface area contributed by atoms with E-state index in [1.54, 1.807) is 0 Å². The highest BCUT2D eigenvalue weighted by Gasteiger charge is 2.38. The van der Waals surface area contributed by atoms with E-state index in [1.165, 1.54) is 12.8 Å². The average molecular weight is 303 g/mol. The molecule has 0 radical (unpaired) electrons. The second kappa shape index (κ2) is 7.10. The van der Waals surface area contributed by atoms with Gasteiger partial charge in [-0.05, 0) is 38.5 Å². The standard InChI is InChI=1S/C15H26N2O2.ClH/c16-13-3-1-2-12(8-13)15(18)17(14-4-5-14)9-11-6-7-19-10-11;/h11-14H,1-10,16H2;1H. The van der Waals surface area contributed by atoms with Crippen molar-refractivity contribution in [3.63, 3.8) is 0 Å². The van der Waals surface area contributed by atoms with E-state index in [-0.39, 0.29) is 24.4 Å².